The second kappa shape index (κ2) is 10.8. The van der Waals surface area contributed by atoms with E-state index >= 15 is 0 Å². The maximum Gasteiger partial charge on any atom is 0.323 e. The van der Waals surface area contributed by atoms with Gasteiger partial charge in [-0.15, -0.1) is 0 Å². The fourth-order valence-electron chi connectivity index (χ4n) is 3.76. The molecule has 1 fully saturated rings. The fourth-order valence-corrected chi connectivity index (χ4v) is 3.76. The van der Waals surface area contributed by atoms with Crippen molar-refractivity contribution in [3.05, 3.63) is 0 Å². The summed E-state index contributed by atoms with van der Waals surface area (Å²) in [6.07, 6.45) is 2.30. The Hall–Kier alpha value is -1.63. The minimum Gasteiger partial charge on any atom is -0.466 e. The van der Waals surface area contributed by atoms with Crippen LogP contribution in [0.5, 0.6) is 0 Å². The summed E-state index contributed by atoms with van der Waals surface area (Å²) in [5, 5.41) is 2.96. The first-order chi connectivity index (χ1) is 13.0. The molecule has 28 heavy (non-hydrogen) atoms. The van der Waals surface area contributed by atoms with Crippen LogP contribution in [0, 0.1) is 11.8 Å². The number of ether oxygens (including phenoxy) is 2. The predicted molar refractivity (Wildman–Crippen MR) is 108 cm³/mol. The van der Waals surface area contributed by atoms with E-state index in [0.717, 1.165) is 12.8 Å². The Morgan fingerprint density at radius 3 is 2.32 bits per heavy atom. The zero-order valence-electron chi connectivity index (χ0n) is 18.5. The maximum atomic E-state index is 12.8. The second-order valence-corrected chi connectivity index (χ2v) is 8.73. The summed E-state index contributed by atoms with van der Waals surface area (Å²) in [6, 6.07) is -0.490. The van der Waals surface area contributed by atoms with Gasteiger partial charge in [0, 0.05) is 26.1 Å². The second-order valence-electron chi connectivity index (χ2n) is 8.73. The van der Waals surface area contributed by atoms with Crippen molar-refractivity contribution in [2.75, 3.05) is 19.7 Å². The van der Waals surface area contributed by atoms with E-state index in [-0.39, 0.29) is 35.7 Å². The summed E-state index contributed by atoms with van der Waals surface area (Å²) in [5.74, 6) is -0.791. The molecule has 0 spiro atoms. The van der Waals surface area contributed by atoms with Gasteiger partial charge < -0.3 is 14.8 Å². The van der Waals surface area contributed by atoms with Gasteiger partial charge >= 0.3 is 11.9 Å². The van der Waals surface area contributed by atoms with E-state index in [1.165, 1.54) is 6.92 Å². The Morgan fingerprint density at radius 1 is 1.18 bits per heavy atom. The average Bonchev–Trinajstić information content (AvgIpc) is 2.96. The molecule has 0 aliphatic carbocycles. The number of likely N-dealkylation sites (tertiary alicyclic amines) is 1. The average molecular weight is 399 g/mol. The van der Waals surface area contributed by atoms with E-state index in [9.17, 15) is 14.4 Å². The molecule has 0 bridgehead atoms. The number of nitrogens with zero attached hydrogens (tertiary/aromatic N) is 1. The lowest BCUT2D eigenvalue weighted by atomic mass is 9.95. The van der Waals surface area contributed by atoms with Gasteiger partial charge in [0.2, 0.25) is 5.91 Å². The Labute approximate surface area is 169 Å². The molecule has 1 rings (SSSR count). The maximum absolute atomic E-state index is 12.8. The lowest BCUT2D eigenvalue weighted by Gasteiger charge is -2.32. The van der Waals surface area contributed by atoms with Crippen molar-refractivity contribution < 1.29 is 23.9 Å². The van der Waals surface area contributed by atoms with Crippen LogP contribution in [0.25, 0.3) is 0 Å². The van der Waals surface area contributed by atoms with Gasteiger partial charge in [-0.05, 0) is 53.4 Å². The van der Waals surface area contributed by atoms with E-state index in [1.54, 1.807) is 6.92 Å². The largest absolute Gasteiger partial charge is 0.466 e. The van der Waals surface area contributed by atoms with E-state index in [1.807, 2.05) is 32.6 Å². The van der Waals surface area contributed by atoms with Crippen molar-refractivity contribution in [1.82, 2.24) is 10.2 Å². The van der Waals surface area contributed by atoms with Gasteiger partial charge in [0.15, 0.2) is 0 Å². The molecule has 0 saturated carbocycles. The first-order valence-electron chi connectivity index (χ1n) is 10.4. The van der Waals surface area contributed by atoms with Crippen LogP contribution in [0.3, 0.4) is 0 Å². The number of hydrogen-bond acceptors (Lipinski definition) is 6. The van der Waals surface area contributed by atoms with Crippen LogP contribution < -0.4 is 5.32 Å². The van der Waals surface area contributed by atoms with Gasteiger partial charge in [-0.2, -0.15) is 0 Å². The topological polar surface area (TPSA) is 84.9 Å². The summed E-state index contributed by atoms with van der Waals surface area (Å²) in [4.78, 5) is 38.6. The van der Waals surface area contributed by atoms with Gasteiger partial charge in [0.1, 0.15) is 11.6 Å². The van der Waals surface area contributed by atoms with Crippen molar-refractivity contribution in [2.45, 2.75) is 85.4 Å². The minimum atomic E-state index is -0.586. The first kappa shape index (κ1) is 24.4. The smallest absolute Gasteiger partial charge is 0.323 e. The highest BCUT2D eigenvalue weighted by molar-refractivity contribution is 5.80. The number of carbonyl (C=O) groups excluding carboxylic acids is 3. The molecule has 4 atom stereocenters. The van der Waals surface area contributed by atoms with Crippen molar-refractivity contribution in [1.29, 1.82) is 0 Å². The Bertz CT molecular complexity index is 543. The summed E-state index contributed by atoms with van der Waals surface area (Å²) >= 11 is 0. The molecule has 162 valence electrons. The van der Waals surface area contributed by atoms with Gasteiger partial charge in [0.05, 0.1) is 12.5 Å². The van der Waals surface area contributed by atoms with Crippen molar-refractivity contribution >= 4 is 17.8 Å². The molecule has 1 N–H and O–H groups in total. The lowest BCUT2D eigenvalue weighted by molar-refractivity contribution is -0.160. The van der Waals surface area contributed by atoms with Crippen LogP contribution in [0.2, 0.25) is 0 Å². The monoisotopic (exact) mass is 398 g/mol. The van der Waals surface area contributed by atoms with Crippen LogP contribution in [-0.4, -0.2) is 60.1 Å². The standard InChI is InChI=1S/C21H38N2O5/c1-8-10-16(14(3)22-15(4)24)12-23-13-17(19(25)27-9-2)11-18(23)20(26)28-21(5,6)7/h14,16-18H,8-13H2,1-7H3,(H,22,24)/t14?,16-,17?,18?/m0/s1. The van der Waals surface area contributed by atoms with E-state index in [2.05, 4.69) is 12.2 Å². The fraction of sp³-hybridized carbons (Fsp3) is 0.857. The van der Waals surface area contributed by atoms with Crippen molar-refractivity contribution in [3.63, 3.8) is 0 Å². The third-order valence-electron chi connectivity index (χ3n) is 4.97. The lowest BCUT2D eigenvalue weighted by Crippen LogP contribution is -2.47. The molecule has 7 heteroatoms. The van der Waals surface area contributed by atoms with Crippen LogP contribution in [-0.2, 0) is 23.9 Å². The number of hydrogen-bond donors (Lipinski definition) is 1. The highest BCUT2D eigenvalue weighted by Gasteiger charge is 2.43. The highest BCUT2D eigenvalue weighted by atomic mass is 16.6. The molecule has 1 aliphatic heterocycles. The third-order valence-corrected chi connectivity index (χ3v) is 4.97. The third kappa shape index (κ3) is 7.78. The molecule has 7 nitrogen and oxygen atoms in total. The number of esters is 2. The summed E-state index contributed by atoms with van der Waals surface area (Å²) in [5.41, 5.74) is -0.586. The van der Waals surface area contributed by atoms with E-state index < -0.39 is 11.6 Å². The van der Waals surface area contributed by atoms with Gasteiger partial charge in [-0.1, -0.05) is 13.3 Å². The molecule has 0 aromatic rings. The molecule has 1 saturated heterocycles. The van der Waals surface area contributed by atoms with Crippen LogP contribution in [0.15, 0.2) is 0 Å². The summed E-state index contributed by atoms with van der Waals surface area (Å²) in [7, 11) is 0. The van der Waals surface area contributed by atoms with Crippen molar-refractivity contribution in [2.24, 2.45) is 11.8 Å². The first-order valence-corrected chi connectivity index (χ1v) is 10.4. The molecular weight excluding hydrogens is 360 g/mol. The van der Waals surface area contributed by atoms with Crippen LogP contribution in [0.4, 0.5) is 0 Å². The van der Waals surface area contributed by atoms with E-state index in [4.69, 9.17) is 9.47 Å². The van der Waals surface area contributed by atoms with Gasteiger partial charge in [-0.3, -0.25) is 19.3 Å². The van der Waals surface area contributed by atoms with E-state index in [0.29, 0.717) is 26.1 Å². The predicted octanol–water partition coefficient (Wildman–Crippen LogP) is 2.52. The normalized spacial score (nSPS) is 22.4. The quantitative estimate of drug-likeness (QED) is 0.601. The molecule has 0 aromatic carbocycles. The number of amides is 1. The Morgan fingerprint density at radius 2 is 1.82 bits per heavy atom. The summed E-state index contributed by atoms with van der Waals surface area (Å²) < 4.78 is 10.8. The SMILES string of the molecule is CCC[C@@H](CN1CC(C(=O)OCC)CC1C(=O)OC(C)(C)C)C(C)NC(C)=O. The number of rotatable bonds is 9. The van der Waals surface area contributed by atoms with Gasteiger partial charge in [0.25, 0.3) is 0 Å². The molecule has 1 aliphatic rings. The van der Waals surface area contributed by atoms with Crippen LogP contribution >= 0.6 is 0 Å². The Balaban J connectivity index is 2.97. The molecule has 0 aromatic heterocycles. The number of nitrogens with one attached hydrogen (secondary N) is 1. The van der Waals surface area contributed by atoms with Crippen LogP contribution in [0.1, 0.15) is 67.7 Å². The summed E-state index contributed by atoms with van der Waals surface area (Å²) in [6.45, 7) is 14.3. The molecule has 0 radical (unpaired) electrons. The highest BCUT2D eigenvalue weighted by Crippen LogP contribution is 2.29. The molecular formula is C21H38N2O5. The molecule has 3 unspecified atom stereocenters. The molecule has 1 heterocycles. The molecule has 1 amide bonds. The number of carbonyl (C=O) groups is 3. The van der Waals surface area contributed by atoms with Crippen molar-refractivity contribution in [3.8, 4) is 0 Å². The zero-order valence-corrected chi connectivity index (χ0v) is 18.5. The zero-order chi connectivity index (χ0) is 21.5. The minimum absolute atomic E-state index is 0.0154. The van der Waals surface area contributed by atoms with Gasteiger partial charge in [-0.25, -0.2) is 0 Å². The Kier molecular flexibility index (Phi) is 9.40.